The van der Waals surface area contributed by atoms with Gasteiger partial charge in [-0.3, -0.25) is 4.79 Å². The highest BCUT2D eigenvalue weighted by Crippen LogP contribution is 2.39. The van der Waals surface area contributed by atoms with Crippen LogP contribution in [0.15, 0.2) is 42.9 Å². The first-order valence-corrected chi connectivity index (χ1v) is 13.5. The normalized spacial score (nSPS) is 20.1. The lowest BCUT2D eigenvalue weighted by Crippen LogP contribution is -2.30. The molecule has 224 valence electrons. The fraction of sp³-hybridized carbons (Fsp3) is 0.448. The largest absolute Gasteiger partial charge is 0.497 e. The van der Waals surface area contributed by atoms with Crippen LogP contribution in [0.2, 0.25) is 0 Å². The Hall–Kier alpha value is -4.29. The highest BCUT2D eigenvalue weighted by molar-refractivity contribution is 5.70. The van der Waals surface area contributed by atoms with Crippen LogP contribution >= 0.6 is 0 Å². The van der Waals surface area contributed by atoms with Crippen LogP contribution < -0.4 is 23.7 Å². The molecular formula is C29H30F3N3O7. The number of alkyl halides is 3. The molecule has 0 amide bonds. The zero-order valence-electron chi connectivity index (χ0n) is 22.8. The Kier molecular flexibility index (Phi) is 8.83. The molecule has 2 aliphatic rings. The molecule has 5 rings (SSSR count). The van der Waals surface area contributed by atoms with Gasteiger partial charge in [-0.15, -0.1) is 0 Å². The van der Waals surface area contributed by atoms with E-state index in [0.717, 1.165) is 5.56 Å². The van der Waals surface area contributed by atoms with Gasteiger partial charge in [0.25, 0.3) is 0 Å². The molecule has 2 aromatic heterocycles. The molecule has 42 heavy (non-hydrogen) atoms. The molecule has 1 aliphatic carbocycles. The Balaban J connectivity index is 1.21. The van der Waals surface area contributed by atoms with Gasteiger partial charge in [0.15, 0.2) is 6.61 Å². The maximum Gasteiger partial charge on any atom is 0.422 e. The van der Waals surface area contributed by atoms with E-state index in [9.17, 15) is 23.1 Å². The van der Waals surface area contributed by atoms with Crippen molar-refractivity contribution in [2.75, 3.05) is 20.3 Å². The number of rotatable bonds is 10. The Morgan fingerprint density at radius 2 is 1.71 bits per heavy atom. The summed E-state index contributed by atoms with van der Waals surface area (Å²) < 4.78 is 65.5. The van der Waals surface area contributed by atoms with E-state index >= 15 is 0 Å². The Labute approximate surface area is 239 Å². The highest BCUT2D eigenvalue weighted by Gasteiger charge is 2.30. The smallest absolute Gasteiger partial charge is 0.422 e. The van der Waals surface area contributed by atoms with Crippen molar-refractivity contribution in [2.45, 2.75) is 62.8 Å². The first-order valence-electron chi connectivity index (χ1n) is 13.5. The number of hydrogen-bond acceptors (Lipinski definition) is 9. The summed E-state index contributed by atoms with van der Waals surface area (Å²) in [5, 5.41) is 9.27. The Morgan fingerprint density at radius 1 is 1.00 bits per heavy atom. The number of benzene rings is 1. The highest BCUT2D eigenvalue weighted by atomic mass is 19.4. The van der Waals surface area contributed by atoms with Crippen LogP contribution in [0.5, 0.6) is 29.1 Å². The molecule has 0 saturated heterocycles. The molecule has 3 aromatic rings. The first kappa shape index (κ1) is 29.2. The number of pyridine rings is 1. The van der Waals surface area contributed by atoms with Gasteiger partial charge in [0.05, 0.1) is 32.4 Å². The van der Waals surface area contributed by atoms with E-state index in [2.05, 4.69) is 19.7 Å². The number of methoxy groups -OCH3 is 1. The summed E-state index contributed by atoms with van der Waals surface area (Å²) in [6.07, 6.45) is 3.17. The predicted octanol–water partition coefficient (Wildman–Crippen LogP) is 5.60. The third-order valence-corrected chi connectivity index (χ3v) is 7.15. The minimum absolute atomic E-state index is 0.0244. The molecule has 1 atom stereocenters. The fourth-order valence-electron chi connectivity index (χ4n) is 5.09. The SMILES string of the molecule is COc1ccc(-c2cnc(OCC(F)(F)F)nc2)c(OC2CCC(Oc3cc4c(cn3)OCCC4CC(=O)O)CC2)c1. The van der Waals surface area contributed by atoms with E-state index < -0.39 is 18.8 Å². The zero-order chi connectivity index (χ0) is 29.7. The summed E-state index contributed by atoms with van der Waals surface area (Å²) in [7, 11) is 1.54. The molecule has 1 fully saturated rings. The van der Waals surface area contributed by atoms with E-state index in [1.807, 2.05) is 0 Å². The average Bonchev–Trinajstić information content (AvgIpc) is 2.97. The van der Waals surface area contributed by atoms with Crippen molar-refractivity contribution in [3.8, 4) is 40.3 Å². The standard InChI is InChI=1S/C29H30F3N3O7/c1-38-21-6-7-22(18-13-34-28(35-14-18)40-16-29(30,31)32)24(11-21)41-19-2-4-20(5-3-19)42-26-12-23-17(10-27(36)37)8-9-39-25(23)15-33-26/h6-7,11-15,17,19-20H,2-5,8-10,16H2,1H3,(H,36,37). The summed E-state index contributed by atoms with van der Waals surface area (Å²) in [6.45, 7) is -1.02. The topological polar surface area (TPSA) is 122 Å². The van der Waals surface area contributed by atoms with Crippen molar-refractivity contribution < 1.29 is 46.8 Å². The molecule has 0 bridgehead atoms. The van der Waals surface area contributed by atoms with Gasteiger partial charge in [0, 0.05) is 47.1 Å². The third-order valence-electron chi connectivity index (χ3n) is 7.15. The molecule has 1 aromatic carbocycles. The van der Waals surface area contributed by atoms with Crippen molar-refractivity contribution in [3.63, 3.8) is 0 Å². The predicted molar refractivity (Wildman–Crippen MR) is 142 cm³/mol. The third kappa shape index (κ3) is 7.51. The molecule has 0 spiro atoms. The summed E-state index contributed by atoms with van der Waals surface area (Å²) in [5.41, 5.74) is 2.01. The molecule has 13 heteroatoms. The lowest BCUT2D eigenvalue weighted by molar-refractivity contribution is -0.154. The number of hydrogen-bond donors (Lipinski definition) is 1. The van der Waals surface area contributed by atoms with Crippen LogP contribution in [0, 0.1) is 0 Å². The van der Waals surface area contributed by atoms with Crippen LogP contribution in [0.4, 0.5) is 13.2 Å². The number of aliphatic carboxylic acids is 1. The number of fused-ring (bicyclic) bond motifs is 1. The number of carbonyl (C=O) groups is 1. The van der Waals surface area contributed by atoms with Crippen LogP contribution in [0.25, 0.3) is 11.1 Å². The van der Waals surface area contributed by atoms with Gasteiger partial charge in [0.2, 0.25) is 5.88 Å². The van der Waals surface area contributed by atoms with Crippen molar-refractivity contribution in [1.29, 1.82) is 0 Å². The summed E-state index contributed by atoms with van der Waals surface area (Å²) in [6, 6.07) is 6.69. The van der Waals surface area contributed by atoms with E-state index in [4.69, 9.17) is 18.9 Å². The van der Waals surface area contributed by atoms with Crippen LogP contribution in [-0.4, -0.2) is 64.7 Å². The number of ether oxygens (including phenoxy) is 5. The molecule has 3 heterocycles. The van der Waals surface area contributed by atoms with E-state index in [1.54, 1.807) is 37.6 Å². The lowest BCUT2D eigenvalue weighted by Gasteiger charge is -2.30. The zero-order valence-corrected chi connectivity index (χ0v) is 22.8. The Bertz CT molecular complexity index is 1380. The lowest BCUT2D eigenvalue weighted by atomic mass is 9.91. The number of aromatic nitrogens is 3. The summed E-state index contributed by atoms with van der Waals surface area (Å²) >= 11 is 0. The van der Waals surface area contributed by atoms with Gasteiger partial charge >= 0.3 is 18.2 Å². The molecule has 1 aliphatic heterocycles. The number of carboxylic acid groups (broad SMARTS) is 1. The second kappa shape index (κ2) is 12.7. The second-order valence-corrected chi connectivity index (χ2v) is 10.1. The average molecular weight is 590 g/mol. The molecule has 1 N–H and O–H groups in total. The van der Waals surface area contributed by atoms with E-state index in [0.29, 0.717) is 73.0 Å². The second-order valence-electron chi connectivity index (χ2n) is 10.1. The fourth-order valence-corrected chi connectivity index (χ4v) is 5.09. The van der Waals surface area contributed by atoms with Gasteiger partial charge in [-0.1, -0.05) is 0 Å². The van der Waals surface area contributed by atoms with Gasteiger partial charge in [-0.05, 0) is 44.2 Å². The molecule has 1 saturated carbocycles. The quantitative estimate of drug-likeness (QED) is 0.320. The van der Waals surface area contributed by atoms with Gasteiger partial charge in [0.1, 0.15) is 23.4 Å². The number of carboxylic acids is 1. The number of halogens is 3. The van der Waals surface area contributed by atoms with Crippen LogP contribution in [-0.2, 0) is 4.79 Å². The van der Waals surface area contributed by atoms with Crippen molar-refractivity contribution in [3.05, 3.63) is 48.4 Å². The maximum absolute atomic E-state index is 12.4. The van der Waals surface area contributed by atoms with Gasteiger partial charge < -0.3 is 28.8 Å². The molecule has 0 radical (unpaired) electrons. The summed E-state index contributed by atoms with van der Waals surface area (Å²) in [5.74, 6) is 1.15. The van der Waals surface area contributed by atoms with E-state index in [1.165, 1.54) is 12.4 Å². The van der Waals surface area contributed by atoms with Crippen LogP contribution in [0.1, 0.15) is 50.0 Å². The van der Waals surface area contributed by atoms with Gasteiger partial charge in [-0.2, -0.15) is 13.2 Å². The minimum atomic E-state index is -4.49. The molecular weight excluding hydrogens is 559 g/mol. The number of nitrogens with zero attached hydrogens (tertiary/aromatic N) is 3. The van der Waals surface area contributed by atoms with E-state index in [-0.39, 0.29) is 30.6 Å². The Morgan fingerprint density at radius 3 is 2.38 bits per heavy atom. The molecule has 1 unspecified atom stereocenters. The van der Waals surface area contributed by atoms with Gasteiger partial charge in [-0.25, -0.2) is 15.0 Å². The van der Waals surface area contributed by atoms with Crippen LogP contribution in [0.3, 0.4) is 0 Å². The minimum Gasteiger partial charge on any atom is -0.497 e. The van der Waals surface area contributed by atoms with Crippen molar-refractivity contribution in [2.24, 2.45) is 0 Å². The monoisotopic (exact) mass is 589 g/mol. The molecule has 10 nitrogen and oxygen atoms in total. The van der Waals surface area contributed by atoms with Crippen molar-refractivity contribution >= 4 is 5.97 Å². The van der Waals surface area contributed by atoms with Crippen molar-refractivity contribution in [1.82, 2.24) is 15.0 Å². The first-order chi connectivity index (χ1) is 20.2. The summed E-state index contributed by atoms with van der Waals surface area (Å²) in [4.78, 5) is 23.5. The maximum atomic E-state index is 12.4.